The highest BCUT2D eigenvalue weighted by Gasteiger charge is 2.02. The van der Waals surface area contributed by atoms with Crippen molar-refractivity contribution in [2.45, 2.75) is 19.8 Å². The second-order valence-corrected chi connectivity index (χ2v) is 4.05. The Morgan fingerprint density at radius 3 is 2.74 bits per heavy atom. The predicted octanol–water partition coefficient (Wildman–Crippen LogP) is 1.37. The Hall–Kier alpha value is -2.21. The lowest BCUT2D eigenvalue weighted by molar-refractivity contribution is 0.914. The molecule has 0 bridgehead atoms. The Bertz CT molecular complexity index is 492. The first-order valence-electron chi connectivity index (χ1n) is 6.30. The van der Waals surface area contributed by atoms with Crippen LogP contribution in [0, 0.1) is 0 Å². The topological polar surface area (TPSA) is 88.8 Å². The predicted molar refractivity (Wildman–Crippen MR) is 75.7 cm³/mol. The van der Waals surface area contributed by atoms with Crippen molar-refractivity contribution in [2.24, 2.45) is 5.84 Å². The summed E-state index contributed by atoms with van der Waals surface area (Å²) in [4.78, 5) is 12.9. The lowest BCUT2D eigenvalue weighted by atomic mass is 10.3. The van der Waals surface area contributed by atoms with Crippen molar-refractivity contribution in [1.29, 1.82) is 0 Å². The van der Waals surface area contributed by atoms with Crippen LogP contribution in [0.25, 0.3) is 0 Å². The average Bonchev–Trinajstić information content (AvgIpc) is 2.48. The van der Waals surface area contributed by atoms with Crippen molar-refractivity contribution < 1.29 is 0 Å². The molecule has 2 aromatic rings. The molecule has 0 spiro atoms. The van der Waals surface area contributed by atoms with Gasteiger partial charge in [0.1, 0.15) is 17.5 Å². The number of pyridine rings is 1. The summed E-state index contributed by atoms with van der Waals surface area (Å²) >= 11 is 0. The van der Waals surface area contributed by atoms with E-state index in [1.54, 1.807) is 12.3 Å². The van der Waals surface area contributed by atoms with E-state index in [9.17, 15) is 0 Å². The quantitative estimate of drug-likeness (QED) is 0.536. The lowest BCUT2D eigenvalue weighted by Crippen LogP contribution is -2.13. The van der Waals surface area contributed by atoms with E-state index in [4.69, 9.17) is 5.84 Å². The molecule has 0 atom stereocenters. The average molecular weight is 258 g/mol. The molecule has 0 aromatic carbocycles. The molecule has 0 saturated carbocycles. The third kappa shape index (κ3) is 3.89. The highest BCUT2D eigenvalue weighted by Crippen LogP contribution is 2.10. The van der Waals surface area contributed by atoms with Gasteiger partial charge in [-0.3, -0.25) is 4.98 Å². The number of aryl methyl sites for hydroxylation is 1. The van der Waals surface area contributed by atoms with E-state index in [1.165, 1.54) is 0 Å². The van der Waals surface area contributed by atoms with Gasteiger partial charge in [-0.2, -0.15) is 0 Å². The van der Waals surface area contributed by atoms with Gasteiger partial charge in [-0.25, -0.2) is 15.8 Å². The minimum Gasteiger partial charge on any atom is -0.370 e. The Labute approximate surface area is 112 Å². The van der Waals surface area contributed by atoms with Crippen LogP contribution in [0.4, 0.5) is 11.6 Å². The van der Waals surface area contributed by atoms with E-state index in [0.29, 0.717) is 5.82 Å². The van der Waals surface area contributed by atoms with Gasteiger partial charge < -0.3 is 10.7 Å². The number of hydrogen-bond acceptors (Lipinski definition) is 6. The van der Waals surface area contributed by atoms with Crippen LogP contribution in [0.1, 0.15) is 18.4 Å². The molecule has 0 unspecified atom stereocenters. The number of nitrogens with two attached hydrogens (primary N) is 1. The molecular weight excluding hydrogens is 240 g/mol. The van der Waals surface area contributed by atoms with Gasteiger partial charge in [0, 0.05) is 37.3 Å². The highest BCUT2D eigenvalue weighted by atomic mass is 15.3. The molecule has 0 saturated heterocycles. The van der Waals surface area contributed by atoms with Crippen LogP contribution in [-0.4, -0.2) is 21.5 Å². The molecule has 0 radical (unpaired) electrons. The largest absolute Gasteiger partial charge is 0.370 e. The maximum atomic E-state index is 5.38. The van der Waals surface area contributed by atoms with Gasteiger partial charge in [-0.05, 0) is 12.1 Å². The number of aromatic nitrogens is 3. The zero-order chi connectivity index (χ0) is 13.5. The summed E-state index contributed by atoms with van der Waals surface area (Å²) in [6.45, 7) is 2.77. The lowest BCUT2D eigenvalue weighted by Gasteiger charge is -2.08. The molecule has 2 aromatic heterocycles. The smallest absolute Gasteiger partial charge is 0.145 e. The monoisotopic (exact) mass is 258 g/mol. The molecule has 0 aliphatic carbocycles. The highest BCUT2D eigenvalue weighted by molar-refractivity contribution is 5.46. The molecule has 2 rings (SSSR count). The summed E-state index contributed by atoms with van der Waals surface area (Å²) in [5.74, 6) is 7.54. The Morgan fingerprint density at radius 1 is 1.21 bits per heavy atom. The molecular formula is C13H18N6. The molecule has 0 fully saturated rings. The maximum Gasteiger partial charge on any atom is 0.145 e. The summed E-state index contributed by atoms with van der Waals surface area (Å²) < 4.78 is 0. The first-order chi connectivity index (χ1) is 9.31. The van der Waals surface area contributed by atoms with Crippen molar-refractivity contribution >= 4 is 11.6 Å². The number of anilines is 2. The maximum absolute atomic E-state index is 5.38. The SMILES string of the molecule is CCc1nc(NN)cc(NCCc2ccccn2)n1. The van der Waals surface area contributed by atoms with Crippen LogP contribution in [-0.2, 0) is 12.8 Å². The summed E-state index contributed by atoms with van der Waals surface area (Å²) in [6, 6.07) is 7.69. The van der Waals surface area contributed by atoms with Crippen LogP contribution < -0.4 is 16.6 Å². The van der Waals surface area contributed by atoms with Crippen LogP contribution in [0.15, 0.2) is 30.5 Å². The first-order valence-corrected chi connectivity index (χ1v) is 6.30. The zero-order valence-corrected chi connectivity index (χ0v) is 10.9. The van der Waals surface area contributed by atoms with Crippen LogP contribution >= 0.6 is 0 Å². The minimum absolute atomic E-state index is 0.618. The van der Waals surface area contributed by atoms with Crippen molar-refractivity contribution in [3.63, 3.8) is 0 Å². The molecule has 4 N–H and O–H groups in total. The summed E-state index contributed by atoms with van der Waals surface area (Å²) in [6.07, 6.45) is 3.41. The van der Waals surface area contributed by atoms with Gasteiger partial charge in [0.2, 0.25) is 0 Å². The molecule has 6 nitrogen and oxygen atoms in total. The summed E-state index contributed by atoms with van der Waals surface area (Å²) in [5.41, 5.74) is 3.60. The molecule has 0 aliphatic rings. The number of hydrogen-bond donors (Lipinski definition) is 3. The van der Waals surface area contributed by atoms with Gasteiger partial charge in [0.05, 0.1) is 0 Å². The Balaban J connectivity index is 1.95. The number of nitrogens with zero attached hydrogens (tertiary/aromatic N) is 3. The second kappa shape index (κ2) is 6.65. The van der Waals surface area contributed by atoms with E-state index in [0.717, 1.165) is 36.7 Å². The van der Waals surface area contributed by atoms with Gasteiger partial charge in [0.25, 0.3) is 0 Å². The second-order valence-electron chi connectivity index (χ2n) is 4.05. The van der Waals surface area contributed by atoms with E-state index in [2.05, 4.69) is 25.7 Å². The van der Waals surface area contributed by atoms with Crippen LogP contribution in [0.3, 0.4) is 0 Å². The third-order valence-corrected chi connectivity index (χ3v) is 2.65. The third-order valence-electron chi connectivity index (χ3n) is 2.65. The Kier molecular flexibility index (Phi) is 4.63. The van der Waals surface area contributed by atoms with Gasteiger partial charge in [0.15, 0.2) is 0 Å². The van der Waals surface area contributed by atoms with Gasteiger partial charge in [-0.1, -0.05) is 13.0 Å². The number of nitrogen functional groups attached to an aromatic ring is 1. The molecule has 6 heteroatoms. The summed E-state index contributed by atoms with van der Waals surface area (Å²) in [7, 11) is 0. The van der Waals surface area contributed by atoms with Crippen molar-refractivity contribution in [1.82, 2.24) is 15.0 Å². The van der Waals surface area contributed by atoms with Crippen molar-refractivity contribution in [3.05, 3.63) is 42.0 Å². The van der Waals surface area contributed by atoms with Gasteiger partial charge in [-0.15, -0.1) is 0 Å². The zero-order valence-electron chi connectivity index (χ0n) is 10.9. The van der Waals surface area contributed by atoms with Crippen LogP contribution in [0.2, 0.25) is 0 Å². The molecule has 2 heterocycles. The fourth-order valence-corrected chi connectivity index (χ4v) is 1.68. The minimum atomic E-state index is 0.618. The fraction of sp³-hybridized carbons (Fsp3) is 0.308. The number of hydrazine groups is 1. The van der Waals surface area contributed by atoms with E-state index in [1.807, 2.05) is 25.1 Å². The normalized spacial score (nSPS) is 10.2. The van der Waals surface area contributed by atoms with E-state index >= 15 is 0 Å². The van der Waals surface area contributed by atoms with E-state index < -0.39 is 0 Å². The fourth-order valence-electron chi connectivity index (χ4n) is 1.68. The Morgan fingerprint density at radius 2 is 2.05 bits per heavy atom. The molecule has 0 amide bonds. The van der Waals surface area contributed by atoms with Crippen LogP contribution in [0.5, 0.6) is 0 Å². The first kappa shape index (κ1) is 13.2. The number of rotatable bonds is 6. The summed E-state index contributed by atoms with van der Waals surface area (Å²) in [5, 5.41) is 3.26. The van der Waals surface area contributed by atoms with Gasteiger partial charge >= 0.3 is 0 Å². The molecule has 19 heavy (non-hydrogen) atoms. The molecule has 100 valence electrons. The van der Waals surface area contributed by atoms with E-state index in [-0.39, 0.29) is 0 Å². The number of nitrogens with one attached hydrogen (secondary N) is 2. The van der Waals surface area contributed by atoms with Crippen molar-refractivity contribution in [3.8, 4) is 0 Å². The van der Waals surface area contributed by atoms with Crippen molar-refractivity contribution in [2.75, 3.05) is 17.3 Å². The molecule has 0 aliphatic heterocycles. The standard InChI is InChI=1S/C13H18N6/c1-2-11-17-12(9-13(18-11)19-14)16-8-6-10-5-3-4-7-15-10/h3-5,7,9H,2,6,8,14H2,1H3,(H2,16,17,18,19).